The first-order valence-corrected chi connectivity index (χ1v) is 21.9. The van der Waals surface area contributed by atoms with E-state index in [1.807, 2.05) is 11.8 Å². The molecule has 0 saturated heterocycles. The Morgan fingerprint density at radius 1 is 0.474 bits per heavy atom. The van der Waals surface area contributed by atoms with Crippen LogP contribution >= 0.6 is 11.8 Å². The Morgan fingerprint density at radius 3 is 1.72 bits per heavy atom. The topological polar surface area (TPSA) is 18.5 Å². The van der Waals surface area contributed by atoms with Gasteiger partial charge in [0.05, 0.1) is 5.41 Å². The number of fused-ring (bicyclic) bond motifs is 17. The maximum atomic E-state index is 7.78. The first kappa shape index (κ1) is 34.4. The van der Waals surface area contributed by atoms with Gasteiger partial charge < -0.3 is 9.47 Å². The van der Waals surface area contributed by atoms with E-state index >= 15 is 0 Å². The molecule has 6 aliphatic rings. The van der Waals surface area contributed by atoms with E-state index in [4.69, 9.17) is 9.47 Å². The summed E-state index contributed by atoms with van der Waals surface area (Å²) in [5.41, 5.74) is 16.8. The van der Waals surface area contributed by atoms with Crippen LogP contribution in [0.5, 0.6) is 23.0 Å². The SMILES string of the molecule is CC1(C)CCC(C)(C)c2cc3c(cc21)Oc1cc2c(c4c1B3c1ccc3c(c1O4)-c1ccccc1C31c3ccccc3Sc3ccccc31)C(C)(C)CCC2(C)C. The molecule has 3 aliphatic heterocycles. The molecule has 1 spiro atoms. The Labute approximate surface area is 342 Å². The lowest BCUT2D eigenvalue weighted by atomic mass is 9.33. The van der Waals surface area contributed by atoms with Gasteiger partial charge in [0.2, 0.25) is 0 Å². The van der Waals surface area contributed by atoms with Crippen molar-refractivity contribution in [3.05, 3.63) is 148 Å². The van der Waals surface area contributed by atoms with Gasteiger partial charge in [-0.05, 0) is 127 Å². The smallest absolute Gasteiger partial charge is 0.260 e. The van der Waals surface area contributed by atoms with Crippen LogP contribution in [0, 0.1) is 0 Å². The van der Waals surface area contributed by atoms with E-state index in [2.05, 4.69) is 159 Å². The molecule has 0 fully saturated rings. The number of rotatable bonds is 0. The second-order valence-corrected chi connectivity index (χ2v) is 21.5. The van der Waals surface area contributed by atoms with E-state index in [-0.39, 0.29) is 28.4 Å². The molecule has 57 heavy (non-hydrogen) atoms. The summed E-state index contributed by atoms with van der Waals surface area (Å²) in [7, 11) is 0. The van der Waals surface area contributed by atoms with Crippen LogP contribution in [0.4, 0.5) is 0 Å². The van der Waals surface area contributed by atoms with Gasteiger partial charge in [-0.25, -0.2) is 0 Å². The lowest BCUT2D eigenvalue weighted by Gasteiger charge is -2.46. The third-order valence-electron chi connectivity index (χ3n) is 15.4. The fourth-order valence-electron chi connectivity index (χ4n) is 12.1. The summed E-state index contributed by atoms with van der Waals surface area (Å²) in [5.74, 6) is 4.03. The van der Waals surface area contributed by atoms with Gasteiger partial charge in [-0.1, -0.05) is 146 Å². The summed E-state index contributed by atoms with van der Waals surface area (Å²) in [6, 6.07) is 39.7. The lowest BCUT2D eigenvalue weighted by molar-refractivity contribution is 0.318. The van der Waals surface area contributed by atoms with Gasteiger partial charge in [-0.3, -0.25) is 0 Å². The zero-order valence-corrected chi connectivity index (χ0v) is 35.3. The van der Waals surface area contributed by atoms with E-state index in [9.17, 15) is 0 Å². The zero-order valence-electron chi connectivity index (χ0n) is 34.4. The molecule has 3 heterocycles. The number of hydrogen-bond donors (Lipinski definition) is 0. The van der Waals surface area contributed by atoms with Crippen LogP contribution in [0.1, 0.15) is 126 Å². The van der Waals surface area contributed by atoms with Crippen molar-refractivity contribution in [3.63, 3.8) is 0 Å². The Kier molecular flexibility index (Phi) is 6.56. The van der Waals surface area contributed by atoms with Crippen LogP contribution in [0.15, 0.2) is 113 Å². The predicted octanol–water partition coefficient (Wildman–Crippen LogP) is 11.9. The minimum absolute atomic E-state index is 0.0104. The first-order chi connectivity index (χ1) is 27.2. The molecule has 0 radical (unpaired) electrons. The van der Waals surface area contributed by atoms with Gasteiger partial charge in [0, 0.05) is 26.4 Å². The largest absolute Gasteiger partial charge is 0.458 e. The molecule has 4 heteroatoms. The Balaban J connectivity index is 1.21. The quantitative estimate of drug-likeness (QED) is 0.143. The molecule has 6 aromatic carbocycles. The van der Waals surface area contributed by atoms with E-state index in [0.29, 0.717) is 0 Å². The van der Waals surface area contributed by atoms with Crippen molar-refractivity contribution in [2.24, 2.45) is 0 Å². The number of benzene rings is 6. The van der Waals surface area contributed by atoms with Gasteiger partial charge in [0.25, 0.3) is 6.71 Å². The Hall–Kier alpha value is -4.67. The van der Waals surface area contributed by atoms with E-state index in [1.165, 1.54) is 94.7 Å². The molecule has 3 aliphatic carbocycles. The van der Waals surface area contributed by atoms with Crippen LogP contribution in [0.2, 0.25) is 0 Å². The summed E-state index contributed by atoms with van der Waals surface area (Å²) in [6.45, 7) is 19.4. The molecule has 0 N–H and O–H groups in total. The molecule has 2 nitrogen and oxygen atoms in total. The van der Waals surface area contributed by atoms with Crippen molar-refractivity contribution in [1.82, 2.24) is 0 Å². The molecule has 0 aromatic heterocycles. The standard InChI is InChI=1S/C53H49BO2S/c1-49(2)23-24-50(3,4)36-28-40-39(27-35(36)49)54-38-22-21-34-44(47(38)56-48-45-37(29-41(55-40)46(48)54)51(5,6)25-26-52(45,7)8)30-15-9-10-16-31(30)53(34)32-17-11-13-19-42(32)57-43-20-14-12-18-33(43)53/h9-22,27-29H,23-26H2,1-8H3. The zero-order chi connectivity index (χ0) is 39.0. The fraction of sp³-hybridized carbons (Fsp3) is 0.321. The summed E-state index contributed by atoms with van der Waals surface area (Å²) >= 11 is 1.90. The Bertz CT molecular complexity index is 2760. The fourth-order valence-corrected chi connectivity index (χ4v) is 13.3. The summed E-state index contributed by atoms with van der Waals surface area (Å²) in [5, 5.41) is 0. The Morgan fingerprint density at radius 2 is 1.04 bits per heavy atom. The molecule has 0 bridgehead atoms. The average Bonchev–Trinajstić information content (AvgIpc) is 3.49. The van der Waals surface area contributed by atoms with Gasteiger partial charge in [0.15, 0.2) is 0 Å². The van der Waals surface area contributed by atoms with Crippen LogP contribution in [-0.4, -0.2) is 6.71 Å². The van der Waals surface area contributed by atoms with Gasteiger partial charge in [-0.2, -0.15) is 0 Å². The number of hydrogen-bond acceptors (Lipinski definition) is 3. The van der Waals surface area contributed by atoms with Gasteiger partial charge in [-0.15, -0.1) is 0 Å². The van der Waals surface area contributed by atoms with Gasteiger partial charge in [0.1, 0.15) is 23.0 Å². The van der Waals surface area contributed by atoms with Crippen LogP contribution in [0.3, 0.4) is 0 Å². The molecule has 6 aromatic rings. The van der Waals surface area contributed by atoms with Crippen LogP contribution in [-0.2, 0) is 27.1 Å². The molecule has 282 valence electrons. The second-order valence-electron chi connectivity index (χ2n) is 20.4. The van der Waals surface area contributed by atoms with Crippen LogP contribution < -0.4 is 25.9 Å². The van der Waals surface area contributed by atoms with E-state index in [1.54, 1.807) is 0 Å². The molecule has 0 amide bonds. The van der Waals surface area contributed by atoms with E-state index in [0.717, 1.165) is 35.8 Å². The van der Waals surface area contributed by atoms with Gasteiger partial charge >= 0.3 is 0 Å². The highest BCUT2D eigenvalue weighted by Crippen LogP contribution is 2.64. The summed E-state index contributed by atoms with van der Waals surface area (Å²) in [6.07, 6.45) is 4.57. The highest BCUT2D eigenvalue weighted by Gasteiger charge is 2.54. The van der Waals surface area contributed by atoms with Crippen molar-refractivity contribution in [3.8, 4) is 34.1 Å². The van der Waals surface area contributed by atoms with Crippen molar-refractivity contribution < 1.29 is 9.47 Å². The van der Waals surface area contributed by atoms with Crippen LogP contribution in [0.25, 0.3) is 11.1 Å². The maximum absolute atomic E-state index is 7.78. The normalized spacial score (nSPS) is 20.5. The average molecular weight is 761 g/mol. The molecular formula is C53H49BO2S. The summed E-state index contributed by atoms with van der Waals surface area (Å²) in [4.78, 5) is 2.64. The third-order valence-corrected chi connectivity index (χ3v) is 16.5. The molecular weight excluding hydrogens is 711 g/mol. The monoisotopic (exact) mass is 760 g/mol. The van der Waals surface area contributed by atoms with E-state index < -0.39 is 5.41 Å². The number of ether oxygens (including phenoxy) is 2. The first-order valence-electron chi connectivity index (χ1n) is 21.1. The molecule has 0 saturated carbocycles. The predicted molar refractivity (Wildman–Crippen MR) is 236 cm³/mol. The maximum Gasteiger partial charge on any atom is 0.260 e. The highest BCUT2D eigenvalue weighted by atomic mass is 32.2. The molecule has 0 unspecified atom stereocenters. The minimum atomic E-state index is -0.464. The van der Waals surface area contributed by atoms with Crippen molar-refractivity contribution in [2.75, 3.05) is 0 Å². The summed E-state index contributed by atoms with van der Waals surface area (Å²) < 4.78 is 15.0. The molecule has 0 atom stereocenters. The van der Waals surface area contributed by atoms with Crippen molar-refractivity contribution >= 4 is 34.9 Å². The lowest BCUT2D eigenvalue weighted by Crippen LogP contribution is -2.59. The van der Waals surface area contributed by atoms with Crippen molar-refractivity contribution in [2.45, 2.75) is 118 Å². The minimum Gasteiger partial charge on any atom is -0.458 e. The molecule has 12 rings (SSSR count). The van der Waals surface area contributed by atoms with Crippen molar-refractivity contribution in [1.29, 1.82) is 0 Å². The third kappa shape index (κ3) is 4.26. The second kappa shape index (κ2) is 10.9. The highest BCUT2D eigenvalue weighted by molar-refractivity contribution is 7.99.